The summed E-state index contributed by atoms with van der Waals surface area (Å²) in [7, 11) is 1.20. The van der Waals surface area contributed by atoms with E-state index in [-0.39, 0.29) is 35.2 Å². The molecule has 12 heteroatoms. The van der Waals surface area contributed by atoms with Crippen molar-refractivity contribution in [2.45, 2.75) is 6.54 Å². The summed E-state index contributed by atoms with van der Waals surface area (Å²) >= 11 is 0. The van der Waals surface area contributed by atoms with Gasteiger partial charge in [0, 0.05) is 23.8 Å². The number of furan rings is 1. The van der Waals surface area contributed by atoms with E-state index in [9.17, 15) is 29.3 Å². The highest BCUT2D eigenvalue weighted by Crippen LogP contribution is 2.24. The average Bonchev–Trinajstić information content (AvgIpc) is 3.48. The number of imide groups is 1. The van der Waals surface area contributed by atoms with Crippen molar-refractivity contribution in [2.75, 3.05) is 7.11 Å². The summed E-state index contributed by atoms with van der Waals surface area (Å²) in [6.07, 6.45) is 3.84. The van der Waals surface area contributed by atoms with Gasteiger partial charge in [0.1, 0.15) is 17.2 Å². The molecule has 1 saturated heterocycles. The number of carbonyl (C=O) groups excluding carboxylic acids is 4. The first-order valence-corrected chi connectivity index (χ1v) is 11.0. The van der Waals surface area contributed by atoms with E-state index in [1.54, 1.807) is 24.3 Å². The quantitative estimate of drug-likeness (QED) is 0.117. The van der Waals surface area contributed by atoms with E-state index in [1.165, 1.54) is 55.7 Å². The molecule has 0 unspecified atom stereocenters. The Hall–Kier alpha value is -5.52. The zero-order valence-corrected chi connectivity index (χ0v) is 19.8. The van der Waals surface area contributed by atoms with Crippen LogP contribution >= 0.6 is 0 Å². The summed E-state index contributed by atoms with van der Waals surface area (Å²) in [6.45, 7) is -0.224. The fourth-order valence-corrected chi connectivity index (χ4v) is 3.44. The number of hydrogen-bond acceptors (Lipinski definition) is 9. The second-order valence-corrected chi connectivity index (χ2v) is 7.78. The zero-order valence-electron chi connectivity index (χ0n) is 19.8. The van der Waals surface area contributed by atoms with Crippen LogP contribution in [0.5, 0.6) is 5.75 Å². The van der Waals surface area contributed by atoms with Crippen LogP contribution in [-0.4, -0.2) is 40.8 Å². The third-order valence-electron chi connectivity index (χ3n) is 5.25. The molecule has 0 atom stereocenters. The second-order valence-electron chi connectivity index (χ2n) is 7.78. The molecule has 2 heterocycles. The molecule has 0 radical (unpaired) electrons. The van der Waals surface area contributed by atoms with Gasteiger partial charge in [0.05, 0.1) is 18.6 Å². The van der Waals surface area contributed by atoms with Gasteiger partial charge in [-0.1, -0.05) is 30.3 Å². The van der Waals surface area contributed by atoms with E-state index in [1.807, 2.05) is 0 Å². The molecule has 0 saturated carbocycles. The second kappa shape index (κ2) is 11.0. The van der Waals surface area contributed by atoms with Gasteiger partial charge in [-0.25, -0.2) is 14.4 Å². The Morgan fingerprint density at radius 2 is 1.89 bits per heavy atom. The molecule has 1 N–H and O–H groups in total. The maximum absolute atomic E-state index is 12.9. The number of amides is 3. The van der Waals surface area contributed by atoms with Crippen LogP contribution in [0.2, 0.25) is 0 Å². The van der Waals surface area contributed by atoms with Crippen LogP contribution in [0.15, 0.2) is 76.9 Å². The number of rotatable bonds is 8. The van der Waals surface area contributed by atoms with E-state index < -0.39 is 28.8 Å². The Kier molecular flexibility index (Phi) is 7.43. The van der Waals surface area contributed by atoms with Gasteiger partial charge in [-0.3, -0.25) is 19.8 Å². The molecule has 38 heavy (non-hydrogen) atoms. The van der Waals surface area contributed by atoms with Crippen molar-refractivity contribution >= 4 is 41.7 Å². The molecule has 0 bridgehead atoms. The number of para-hydroxylation sites is 1. The summed E-state index contributed by atoms with van der Waals surface area (Å²) in [6, 6.07) is 14.2. The van der Waals surface area contributed by atoms with Crippen molar-refractivity contribution in [1.82, 2.24) is 10.2 Å². The number of nitrogens with one attached hydrogen (secondary N) is 1. The van der Waals surface area contributed by atoms with Crippen LogP contribution in [0.25, 0.3) is 12.2 Å². The molecule has 192 valence electrons. The van der Waals surface area contributed by atoms with Crippen LogP contribution in [0, 0.1) is 10.1 Å². The molecule has 0 spiro atoms. The average molecular weight is 517 g/mol. The van der Waals surface area contributed by atoms with E-state index >= 15 is 0 Å². The van der Waals surface area contributed by atoms with Gasteiger partial charge in [0.15, 0.2) is 0 Å². The van der Waals surface area contributed by atoms with Crippen molar-refractivity contribution in [3.63, 3.8) is 0 Å². The van der Waals surface area contributed by atoms with Gasteiger partial charge in [-0.05, 0) is 35.9 Å². The van der Waals surface area contributed by atoms with Crippen LogP contribution in [-0.2, 0) is 20.9 Å². The summed E-state index contributed by atoms with van der Waals surface area (Å²) in [5.41, 5.74) is 0.582. The number of nitrogens with zero attached hydrogens (tertiary/aromatic N) is 2. The maximum atomic E-state index is 12.9. The van der Waals surface area contributed by atoms with Crippen molar-refractivity contribution in [2.24, 2.45) is 0 Å². The molecule has 1 aliphatic heterocycles. The lowest BCUT2D eigenvalue weighted by Crippen LogP contribution is -2.30. The third-order valence-corrected chi connectivity index (χ3v) is 5.25. The molecule has 4 rings (SSSR count). The number of methoxy groups -OCH3 is 1. The number of benzene rings is 2. The monoisotopic (exact) mass is 517 g/mol. The minimum Gasteiger partial charge on any atom is -0.463 e. The first-order chi connectivity index (χ1) is 18.2. The predicted molar refractivity (Wildman–Crippen MR) is 131 cm³/mol. The molecule has 0 aliphatic carbocycles. The van der Waals surface area contributed by atoms with E-state index in [4.69, 9.17) is 9.15 Å². The summed E-state index contributed by atoms with van der Waals surface area (Å²) < 4.78 is 15.3. The molecule has 3 aromatic rings. The number of urea groups is 1. The summed E-state index contributed by atoms with van der Waals surface area (Å²) in [4.78, 5) is 60.5. The van der Waals surface area contributed by atoms with Crippen molar-refractivity contribution in [1.29, 1.82) is 0 Å². The summed E-state index contributed by atoms with van der Waals surface area (Å²) in [5, 5.41) is 13.4. The minimum atomic E-state index is -0.759. The number of non-ortho nitro benzene ring substituents is 1. The Morgan fingerprint density at radius 1 is 1.11 bits per heavy atom. The Balaban J connectivity index is 1.47. The third kappa shape index (κ3) is 5.82. The number of ether oxygens (including phenoxy) is 2. The minimum absolute atomic E-state index is 0.0645. The van der Waals surface area contributed by atoms with Crippen LogP contribution in [0.3, 0.4) is 0 Å². The fraction of sp³-hybridized carbons (Fsp3) is 0.0769. The lowest BCUT2D eigenvalue weighted by Gasteiger charge is -2.09. The molecule has 3 amide bonds. The SMILES string of the molecule is COC(=O)c1ccc(CN2C(=O)N/C(=C/c3ccccc3OC(=O)/C=C/c3cccc([N+](=O)[O-])c3)C2=O)o1. The number of hydrogen-bond donors (Lipinski definition) is 1. The molecule has 12 nitrogen and oxygen atoms in total. The molecule has 1 aliphatic rings. The highest BCUT2D eigenvalue weighted by Gasteiger charge is 2.34. The number of esters is 2. The normalized spacial score (nSPS) is 14.1. The smallest absolute Gasteiger partial charge is 0.373 e. The maximum Gasteiger partial charge on any atom is 0.373 e. The molecule has 2 aromatic carbocycles. The Morgan fingerprint density at radius 3 is 2.66 bits per heavy atom. The first kappa shape index (κ1) is 25.6. The number of nitro groups is 1. The van der Waals surface area contributed by atoms with Gasteiger partial charge in [-0.15, -0.1) is 0 Å². The van der Waals surface area contributed by atoms with Gasteiger partial charge < -0.3 is 19.2 Å². The van der Waals surface area contributed by atoms with Gasteiger partial charge in [-0.2, -0.15) is 0 Å². The van der Waals surface area contributed by atoms with Crippen molar-refractivity contribution in [3.8, 4) is 5.75 Å². The predicted octanol–water partition coefficient (Wildman–Crippen LogP) is 3.69. The number of nitro benzene ring substituents is 1. The molecule has 1 fully saturated rings. The Labute approximate surface area is 214 Å². The molecular formula is C26H19N3O9. The van der Waals surface area contributed by atoms with E-state index in [0.29, 0.717) is 11.1 Å². The lowest BCUT2D eigenvalue weighted by molar-refractivity contribution is -0.384. The van der Waals surface area contributed by atoms with Gasteiger partial charge in [0.2, 0.25) is 5.76 Å². The Bertz CT molecular complexity index is 1500. The topological polar surface area (TPSA) is 158 Å². The van der Waals surface area contributed by atoms with Crippen LogP contribution in [0.1, 0.15) is 27.4 Å². The number of carbonyl (C=O) groups is 4. The van der Waals surface area contributed by atoms with Crippen molar-refractivity contribution in [3.05, 3.63) is 105 Å². The highest BCUT2D eigenvalue weighted by molar-refractivity contribution is 6.14. The highest BCUT2D eigenvalue weighted by atomic mass is 16.6. The fourth-order valence-electron chi connectivity index (χ4n) is 3.44. The largest absolute Gasteiger partial charge is 0.463 e. The van der Waals surface area contributed by atoms with E-state index in [0.717, 1.165) is 11.0 Å². The lowest BCUT2D eigenvalue weighted by atomic mass is 10.1. The van der Waals surface area contributed by atoms with Crippen molar-refractivity contribution < 1.29 is 38.0 Å². The standard InChI is InChI=1S/C26H19N3O9/c1-36-25(32)22-11-10-19(37-22)15-28-24(31)20(27-26(28)33)14-17-6-2-3-8-21(17)38-23(30)12-9-16-5-4-7-18(13-16)29(34)35/h2-14H,15H2,1H3,(H,27,33)/b12-9+,20-14+. The first-order valence-electron chi connectivity index (χ1n) is 11.0. The summed E-state index contributed by atoms with van der Waals surface area (Å²) in [5.74, 6) is -1.87. The zero-order chi connectivity index (χ0) is 27.2. The molecule has 1 aromatic heterocycles. The van der Waals surface area contributed by atoms with Crippen LogP contribution in [0.4, 0.5) is 10.5 Å². The van der Waals surface area contributed by atoms with E-state index in [2.05, 4.69) is 10.1 Å². The van der Waals surface area contributed by atoms with Crippen LogP contribution < -0.4 is 10.1 Å². The van der Waals surface area contributed by atoms with Gasteiger partial charge in [0.25, 0.3) is 11.6 Å². The molecular weight excluding hydrogens is 498 g/mol. The van der Waals surface area contributed by atoms with Gasteiger partial charge >= 0.3 is 18.0 Å².